The Morgan fingerprint density at radius 3 is 2.83 bits per heavy atom. The van der Waals surface area contributed by atoms with E-state index in [4.69, 9.17) is 11.6 Å². The summed E-state index contributed by atoms with van der Waals surface area (Å²) in [4.78, 5) is 2.46. The zero-order chi connectivity index (χ0) is 13.3. The van der Waals surface area contributed by atoms with Gasteiger partial charge in [0.15, 0.2) is 0 Å². The number of halogens is 1. The zero-order valence-corrected chi connectivity index (χ0v) is 12.5. The van der Waals surface area contributed by atoms with Crippen LogP contribution in [0.2, 0.25) is 5.02 Å². The molecule has 1 aromatic carbocycles. The van der Waals surface area contributed by atoms with Gasteiger partial charge in [-0.3, -0.25) is 0 Å². The third-order valence-electron chi connectivity index (χ3n) is 3.70. The predicted octanol–water partition coefficient (Wildman–Crippen LogP) is 3.62. The molecular weight excluding hydrogens is 244 g/mol. The van der Waals surface area contributed by atoms with Crippen molar-refractivity contribution in [1.29, 1.82) is 0 Å². The molecule has 0 aliphatic carbocycles. The Balaban J connectivity index is 2.35. The van der Waals surface area contributed by atoms with Gasteiger partial charge in [0.25, 0.3) is 0 Å². The number of rotatable bonds is 2. The van der Waals surface area contributed by atoms with Crippen molar-refractivity contribution in [2.45, 2.75) is 45.7 Å². The van der Waals surface area contributed by atoms with Crippen LogP contribution in [0.3, 0.4) is 0 Å². The Bertz CT molecular complexity index is 429. The summed E-state index contributed by atoms with van der Waals surface area (Å²) in [6.07, 6.45) is 1.13. The van der Waals surface area contributed by atoms with Crippen LogP contribution in [0.15, 0.2) is 18.2 Å². The van der Waals surface area contributed by atoms with E-state index in [1.54, 1.807) is 0 Å². The van der Waals surface area contributed by atoms with Crippen molar-refractivity contribution >= 4 is 17.3 Å². The lowest BCUT2D eigenvalue weighted by Gasteiger charge is -2.46. The number of nitrogens with zero attached hydrogens (tertiary/aromatic N) is 1. The topological polar surface area (TPSA) is 15.3 Å². The van der Waals surface area contributed by atoms with Gasteiger partial charge >= 0.3 is 0 Å². The van der Waals surface area contributed by atoms with E-state index in [-0.39, 0.29) is 5.54 Å². The number of hydrogen-bond donors (Lipinski definition) is 1. The summed E-state index contributed by atoms with van der Waals surface area (Å²) in [5.41, 5.74) is 2.58. The second-order valence-electron chi connectivity index (χ2n) is 5.91. The van der Waals surface area contributed by atoms with Crippen LogP contribution in [0.5, 0.6) is 0 Å². The molecule has 1 fully saturated rings. The van der Waals surface area contributed by atoms with Crippen LogP contribution < -0.4 is 10.2 Å². The van der Waals surface area contributed by atoms with E-state index in [2.05, 4.69) is 50.0 Å². The van der Waals surface area contributed by atoms with Gasteiger partial charge in [-0.15, -0.1) is 0 Å². The van der Waals surface area contributed by atoms with E-state index < -0.39 is 0 Å². The number of benzene rings is 1. The van der Waals surface area contributed by atoms with E-state index >= 15 is 0 Å². The van der Waals surface area contributed by atoms with Gasteiger partial charge in [-0.25, -0.2) is 0 Å². The summed E-state index contributed by atoms with van der Waals surface area (Å²) < 4.78 is 0. The van der Waals surface area contributed by atoms with Crippen LogP contribution in [0.4, 0.5) is 5.69 Å². The summed E-state index contributed by atoms with van der Waals surface area (Å²) in [5.74, 6) is 0. The molecule has 0 bridgehead atoms. The van der Waals surface area contributed by atoms with E-state index in [0.29, 0.717) is 6.04 Å². The van der Waals surface area contributed by atoms with Gasteiger partial charge in [-0.05, 0) is 44.9 Å². The molecule has 1 heterocycles. The van der Waals surface area contributed by atoms with Crippen LogP contribution >= 0.6 is 11.6 Å². The number of hydrogen-bond acceptors (Lipinski definition) is 2. The smallest absolute Gasteiger partial charge is 0.0639 e. The predicted molar refractivity (Wildman–Crippen MR) is 79.7 cm³/mol. The van der Waals surface area contributed by atoms with Crippen LogP contribution in [-0.2, 0) is 0 Å². The fraction of sp³-hybridized carbons (Fsp3) is 0.600. The molecule has 1 atom stereocenters. The lowest BCUT2D eigenvalue weighted by atomic mass is 9.96. The fourth-order valence-electron chi connectivity index (χ4n) is 2.60. The van der Waals surface area contributed by atoms with Crippen molar-refractivity contribution in [3.05, 3.63) is 28.8 Å². The Morgan fingerprint density at radius 2 is 2.17 bits per heavy atom. The summed E-state index contributed by atoms with van der Waals surface area (Å²) in [7, 11) is 0. The van der Waals surface area contributed by atoms with Crippen molar-refractivity contribution < 1.29 is 0 Å². The second-order valence-corrected chi connectivity index (χ2v) is 6.32. The maximum absolute atomic E-state index is 6.38. The lowest BCUT2D eigenvalue weighted by molar-refractivity contribution is 0.306. The monoisotopic (exact) mass is 266 g/mol. The quantitative estimate of drug-likeness (QED) is 0.880. The van der Waals surface area contributed by atoms with Crippen molar-refractivity contribution in [2.75, 3.05) is 18.0 Å². The van der Waals surface area contributed by atoms with Crippen molar-refractivity contribution in [3.8, 4) is 0 Å². The minimum atomic E-state index is 0.138. The first-order valence-electron chi connectivity index (χ1n) is 6.71. The van der Waals surface area contributed by atoms with E-state index in [9.17, 15) is 0 Å². The minimum Gasteiger partial charge on any atom is -0.364 e. The summed E-state index contributed by atoms with van der Waals surface area (Å²) in [6, 6.07) is 6.80. The molecule has 2 nitrogen and oxygen atoms in total. The standard InChI is InChI=1S/C15H23ClN2/c1-5-12-9-17-15(3,4)10-18(12)14-8-11(2)6-7-13(14)16/h6-8,12,17H,5,9-10H2,1-4H3. The molecule has 1 aliphatic rings. The molecule has 18 heavy (non-hydrogen) atoms. The number of piperazine rings is 1. The summed E-state index contributed by atoms with van der Waals surface area (Å²) >= 11 is 6.38. The van der Waals surface area contributed by atoms with Crippen LogP contribution in [0.1, 0.15) is 32.8 Å². The first-order chi connectivity index (χ1) is 8.43. The molecule has 1 N–H and O–H groups in total. The number of aryl methyl sites for hydroxylation is 1. The SMILES string of the molecule is CCC1CNC(C)(C)CN1c1cc(C)ccc1Cl. The van der Waals surface area contributed by atoms with Crippen LogP contribution in [0, 0.1) is 6.92 Å². The van der Waals surface area contributed by atoms with E-state index in [0.717, 1.165) is 24.5 Å². The largest absolute Gasteiger partial charge is 0.364 e. The molecule has 1 saturated heterocycles. The Labute approximate surface area is 115 Å². The highest BCUT2D eigenvalue weighted by atomic mass is 35.5. The molecule has 1 aliphatic heterocycles. The first kappa shape index (κ1) is 13.7. The van der Waals surface area contributed by atoms with Crippen molar-refractivity contribution in [2.24, 2.45) is 0 Å². The zero-order valence-electron chi connectivity index (χ0n) is 11.8. The van der Waals surface area contributed by atoms with Crippen molar-refractivity contribution in [1.82, 2.24) is 5.32 Å². The molecule has 3 heteroatoms. The van der Waals surface area contributed by atoms with Gasteiger partial charge < -0.3 is 10.2 Å². The molecule has 0 aromatic heterocycles. The highest BCUT2D eigenvalue weighted by Crippen LogP contribution is 2.32. The van der Waals surface area contributed by atoms with Gasteiger partial charge in [-0.2, -0.15) is 0 Å². The maximum Gasteiger partial charge on any atom is 0.0639 e. The first-order valence-corrected chi connectivity index (χ1v) is 7.08. The van der Waals surface area contributed by atoms with Gasteiger partial charge in [0.05, 0.1) is 10.7 Å². The second kappa shape index (κ2) is 5.10. The van der Waals surface area contributed by atoms with Gasteiger partial charge in [-0.1, -0.05) is 24.6 Å². The Morgan fingerprint density at radius 1 is 1.44 bits per heavy atom. The third-order valence-corrected chi connectivity index (χ3v) is 4.02. The maximum atomic E-state index is 6.38. The van der Waals surface area contributed by atoms with Gasteiger partial charge in [0.2, 0.25) is 0 Å². The molecule has 1 aromatic rings. The molecule has 2 rings (SSSR count). The Hall–Kier alpha value is -0.730. The highest BCUT2D eigenvalue weighted by molar-refractivity contribution is 6.33. The normalized spacial score (nSPS) is 23.2. The number of nitrogens with one attached hydrogen (secondary N) is 1. The van der Waals surface area contributed by atoms with Gasteiger partial charge in [0.1, 0.15) is 0 Å². The average molecular weight is 267 g/mol. The van der Waals surface area contributed by atoms with Crippen LogP contribution in [-0.4, -0.2) is 24.7 Å². The molecule has 100 valence electrons. The average Bonchev–Trinajstić information content (AvgIpc) is 2.31. The molecule has 1 unspecified atom stereocenters. The molecule has 0 spiro atoms. The lowest BCUT2D eigenvalue weighted by Crippen LogP contribution is -2.61. The van der Waals surface area contributed by atoms with E-state index in [1.807, 2.05) is 6.07 Å². The molecule has 0 amide bonds. The third kappa shape index (κ3) is 2.81. The van der Waals surface area contributed by atoms with E-state index in [1.165, 1.54) is 11.3 Å². The van der Waals surface area contributed by atoms with Gasteiger partial charge in [0, 0.05) is 24.7 Å². The van der Waals surface area contributed by atoms with Crippen molar-refractivity contribution in [3.63, 3.8) is 0 Å². The molecule has 0 saturated carbocycles. The summed E-state index contributed by atoms with van der Waals surface area (Å²) in [6.45, 7) is 10.9. The Kier molecular flexibility index (Phi) is 3.88. The minimum absolute atomic E-state index is 0.138. The molecular formula is C15H23ClN2. The number of anilines is 1. The summed E-state index contributed by atoms with van der Waals surface area (Å²) in [5, 5.41) is 4.47. The molecule has 0 radical (unpaired) electrons. The van der Waals surface area contributed by atoms with Crippen LogP contribution in [0.25, 0.3) is 0 Å². The fourth-order valence-corrected chi connectivity index (χ4v) is 2.83. The highest BCUT2D eigenvalue weighted by Gasteiger charge is 2.32.